The molecule has 0 bridgehead atoms. The van der Waals surface area contributed by atoms with Crippen molar-refractivity contribution in [3.8, 4) is 0 Å². The van der Waals surface area contributed by atoms with Gasteiger partial charge in [-0.2, -0.15) is 4.31 Å². The van der Waals surface area contributed by atoms with Crippen molar-refractivity contribution < 1.29 is 8.42 Å². The maximum Gasteiger partial charge on any atom is 0.236 e. The quantitative estimate of drug-likeness (QED) is 0.878. The zero-order valence-corrected chi connectivity index (χ0v) is 13.3. The van der Waals surface area contributed by atoms with Gasteiger partial charge in [0.2, 0.25) is 10.0 Å². The molecule has 1 fully saturated rings. The van der Waals surface area contributed by atoms with Gasteiger partial charge >= 0.3 is 0 Å². The Kier molecular flexibility index (Phi) is 5.96. The normalized spacial score (nSPS) is 20.2. The number of rotatable bonds is 6. The molecule has 1 aromatic rings. The van der Waals surface area contributed by atoms with Gasteiger partial charge < -0.3 is 5.32 Å². The molecule has 5 heteroatoms. The third-order valence-corrected chi connectivity index (χ3v) is 5.39. The number of sulfonamides is 1. The summed E-state index contributed by atoms with van der Waals surface area (Å²) in [6, 6.07) is 9.78. The Balaban J connectivity index is 2.03. The average molecular weight is 308 g/mol. The lowest BCUT2D eigenvalue weighted by molar-refractivity contribution is 0.321. The predicted octanol–water partition coefficient (Wildman–Crippen LogP) is 2.45. The highest BCUT2D eigenvalue weighted by atomic mass is 32.2. The van der Waals surface area contributed by atoms with Crippen LogP contribution in [0, 0.1) is 0 Å². The first-order chi connectivity index (χ1) is 10.1. The van der Waals surface area contributed by atoms with E-state index in [-0.39, 0.29) is 6.04 Å². The summed E-state index contributed by atoms with van der Waals surface area (Å²) < 4.78 is 26.4. The fourth-order valence-electron chi connectivity index (χ4n) is 2.55. The average Bonchev–Trinajstić information content (AvgIpc) is 2.52. The third-order valence-electron chi connectivity index (χ3n) is 3.78. The maximum absolute atomic E-state index is 12.4. The lowest BCUT2D eigenvalue weighted by atomic mass is 10.1. The van der Waals surface area contributed by atoms with Gasteiger partial charge in [-0.3, -0.25) is 0 Å². The van der Waals surface area contributed by atoms with Gasteiger partial charge in [0.05, 0.1) is 0 Å². The predicted molar refractivity (Wildman–Crippen MR) is 87.3 cm³/mol. The van der Waals surface area contributed by atoms with Crippen LogP contribution < -0.4 is 5.32 Å². The van der Waals surface area contributed by atoms with Crippen LogP contribution in [0.5, 0.6) is 0 Å². The molecule has 1 saturated heterocycles. The van der Waals surface area contributed by atoms with E-state index in [1.807, 2.05) is 37.3 Å². The summed E-state index contributed by atoms with van der Waals surface area (Å²) in [7, 11) is -3.36. The van der Waals surface area contributed by atoms with Gasteiger partial charge in [-0.1, -0.05) is 43.7 Å². The smallest absolute Gasteiger partial charge is 0.236 e. The lowest BCUT2D eigenvalue weighted by Crippen LogP contribution is -2.45. The zero-order valence-electron chi connectivity index (χ0n) is 12.5. The van der Waals surface area contributed by atoms with E-state index in [0.717, 1.165) is 18.5 Å². The number of benzene rings is 1. The van der Waals surface area contributed by atoms with Crippen LogP contribution in [0.3, 0.4) is 0 Å². The minimum Gasteiger partial charge on any atom is -0.313 e. The number of nitrogens with one attached hydrogen (secondary N) is 1. The molecule has 4 nitrogen and oxygen atoms in total. The van der Waals surface area contributed by atoms with E-state index in [1.54, 1.807) is 10.4 Å². The summed E-state index contributed by atoms with van der Waals surface area (Å²) in [5.74, 6) is 0. The highest BCUT2D eigenvalue weighted by Crippen LogP contribution is 2.13. The first-order valence-electron chi connectivity index (χ1n) is 7.58. The van der Waals surface area contributed by atoms with E-state index in [9.17, 15) is 8.42 Å². The van der Waals surface area contributed by atoms with Crippen molar-refractivity contribution in [2.24, 2.45) is 0 Å². The number of hydrogen-bond donors (Lipinski definition) is 1. The van der Waals surface area contributed by atoms with Crippen LogP contribution in [0.15, 0.2) is 35.7 Å². The second-order valence-electron chi connectivity index (χ2n) is 5.36. The van der Waals surface area contributed by atoms with E-state index in [4.69, 9.17) is 0 Å². The van der Waals surface area contributed by atoms with Crippen molar-refractivity contribution in [1.29, 1.82) is 0 Å². The molecular weight excluding hydrogens is 284 g/mol. The van der Waals surface area contributed by atoms with Gasteiger partial charge in [0, 0.05) is 24.5 Å². The molecule has 1 atom stereocenters. The zero-order chi connectivity index (χ0) is 15.1. The standard InChI is InChI=1S/C16H24N2O2S/c1-2-18(14-16-10-6-7-12-17-16)21(19,20)13-11-15-8-4-3-5-9-15/h3-5,8-9,11,13,16-17H,2,6-7,10,12,14H2,1H3/b13-11+. The second kappa shape index (κ2) is 7.73. The molecular formula is C16H24N2O2S. The highest BCUT2D eigenvalue weighted by molar-refractivity contribution is 7.92. The molecule has 0 aromatic heterocycles. The molecule has 1 unspecified atom stereocenters. The van der Waals surface area contributed by atoms with Crippen LogP contribution in [-0.4, -0.2) is 38.4 Å². The summed E-state index contributed by atoms with van der Waals surface area (Å²) in [4.78, 5) is 0. The number of nitrogens with zero attached hydrogens (tertiary/aromatic N) is 1. The Labute approximate surface area is 127 Å². The molecule has 1 heterocycles. The van der Waals surface area contributed by atoms with Gasteiger partial charge in [-0.05, 0) is 31.0 Å². The summed E-state index contributed by atoms with van der Waals surface area (Å²) in [5.41, 5.74) is 0.896. The molecule has 1 aliphatic heterocycles. The van der Waals surface area contributed by atoms with Gasteiger partial charge in [-0.15, -0.1) is 0 Å². The van der Waals surface area contributed by atoms with E-state index in [2.05, 4.69) is 5.32 Å². The molecule has 1 aliphatic rings. The van der Waals surface area contributed by atoms with E-state index in [0.29, 0.717) is 13.1 Å². The molecule has 0 radical (unpaired) electrons. The van der Waals surface area contributed by atoms with Gasteiger partial charge in [-0.25, -0.2) is 8.42 Å². The minimum atomic E-state index is -3.36. The van der Waals surface area contributed by atoms with Crippen LogP contribution in [-0.2, 0) is 10.0 Å². The molecule has 0 saturated carbocycles. The van der Waals surface area contributed by atoms with Crippen LogP contribution >= 0.6 is 0 Å². The largest absolute Gasteiger partial charge is 0.313 e. The number of piperidine rings is 1. The van der Waals surface area contributed by atoms with Crippen LogP contribution in [0.2, 0.25) is 0 Å². The van der Waals surface area contributed by atoms with Crippen LogP contribution in [0.4, 0.5) is 0 Å². The second-order valence-corrected chi connectivity index (χ2v) is 7.17. The van der Waals surface area contributed by atoms with E-state index < -0.39 is 10.0 Å². The first-order valence-corrected chi connectivity index (χ1v) is 9.09. The molecule has 21 heavy (non-hydrogen) atoms. The monoisotopic (exact) mass is 308 g/mol. The summed E-state index contributed by atoms with van der Waals surface area (Å²) in [6.45, 7) is 3.93. The summed E-state index contributed by atoms with van der Waals surface area (Å²) >= 11 is 0. The molecule has 0 spiro atoms. The van der Waals surface area contributed by atoms with E-state index in [1.165, 1.54) is 18.2 Å². The fourth-order valence-corrected chi connectivity index (χ4v) is 3.80. The molecule has 0 amide bonds. The Bertz CT molecular complexity index is 549. The lowest BCUT2D eigenvalue weighted by Gasteiger charge is -2.28. The van der Waals surface area contributed by atoms with Gasteiger partial charge in [0.1, 0.15) is 0 Å². The van der Waals surface area contributed by atoms with Crippen molar-refractivity contribution in [2.45, 2.75) is 32.2 Å². The SMILES string of the molecule is CCN(CC1CCCCN1)S(=O)(=O)/C=C/c1ccccc1. The maximum atomic E-state index is 12.4. The molecule has 0 aliphatic carbocycles. The van der Waals surface area contributed by atoms with Crippen molar-refractivity contribution in [3.05, 3.63) is 41.3 Å². The molecule has 2 rings (SSSR count). The Morgan fingerprint density at radius 2 is 2.05 bits per heavy atom. The Morgan fingerprint density at radius 3 is 2.67 bits per heavy atom. The highest BCUT2D eigenvalue weighted by Gasteiger charge is 2.22. The summed E-state index contributed by atoms with van der Waals surface area (Å²) in [5, 5.41) is 4.71. The molecule has 116 valence electrons. The van der Waals surface area contributed by atoms with Gasteiger partial charge in [0.15, 0.2) is 0 Å². The molecule has 1 N–H and O–H groups in total. The van der Waals surface area contributed by atoms with Crippen molar-refractivity contribution in [2.75, 3.05) is 19.6 Å². The first kappa shape index (κ1) is 16.2. The fraction of sp³-hybridized carbons (Fsp3) is 0.500. The summed E-state index contributed by atoms with van der Waals surface area (Å²) in [6.07, 6.45) is 5.07. The van der Waals surface area contributed by atoms with Gasteiger partial charge in [0.25, 0.3) is 0 Å². The number of likely N-dealkylation sites (N-methyl/N-ethyl adjacent to an activating group) is 1. The number of hydrogen-bond acceptors (Lipinski definition) is 3. The molecule has 1 aromatic carbocycles. The Morgan fingerprint density at radius 1 is 1.29 bits per heavy atom. The van der Waals surface area contributed by atoms with Crippen molar-refractivity contribution in [1.82, 2.24) is 9.62 Å². The van der Waals surface area contributed by atoms with Crippen LogP contribution in [0.25, 0.3) is 6.08 Å². The van der Waals surface area contributed by atoms with E-state index >= 15 is 0 Å². The third kappa shape index (κ3) is 4.95. The topological polar surface area (TPSA) is 49.4 Å². The van der Waals surface area contributed by atoms with Crippen LogP contribution in [0.1, 0.15) is 31.7 Å². The van der Waals surface area contributed by atoms with Crippen molar-refractivity contribution in [3.63, 3.8) is 0 Å². The Hall–Kier alpha value is -1.17. The van der Waals surface area contributed by atoms with Crippen molar-refractivity contribution >= 4 is 16.1 Å². The minimum absolute atomic E-state index is 0.276.